The van der Waals surface area contributed by atoms with Crippen molar-refractivity contribution < 1.29 is 19.4 Å². The topological polar surface area (TPSA) is 70.1 Å². The molecule has 1 heterocycles. The Morgan fingerprint density at radius 1 is 1.07 bits per heavy atom. The Bertz CT molecular complexity index is 920. The zero-order chi connectivity index (χ0) is 21.7. The van der Waals surface area contributed by atoms with E-state index in [1.807, 2.05) is 56.3 Å². The first-order chi connectivity index (χ1) is 14.4. The number of hydrogen-bond donors (Lipinski definition) is 1. The van der Waals surface area contributed by atoms with Crippen LogP contribution in [0, 0.1) is 0 Å². The van der Waals surface area contributed by atoms with Crippen LogP contribution < -0.4 is 4.74 Å². The van der Waals surface area contributed by atoms with Gasteiger partial charge in [-0.1, -0.05) is 49.4 Å². The van der Waals surface area contributed by atoms with E-state index in [2.05, 4.69) is 0 Å². The van der Waals surface area contributed by atoms with Crippen molar-refractivity contribution in [2.45, 2.75) is 19.4 Å². The summed E-state index contributed by atoms with van der Waals surface area (Å²) in [5.74, 6) is -0.677. The summed E-state index contributed by atoms with van der Waals surface area (Å²) in [5, 5.41) is 11.0. The molecular weight excluding hydrogens is 380 g/mol. The van der Waals surface area contributed by atoms with E-state index < -0.39 is 17.7 Å². The Morgan fingerprint density at radius 2 is 1.73 bits per heavy atom. The SMILES string of the molecule is CCCOc1ccc([C@@H]2C(=C(O)c3ccccc3)C(=O)C(=O)N2CCN(C)C)cc1. The van der Waals surface area contributed by atoms with Gasteiger partial charge in [-0.05, 0) is 38.2 Å². The third kappa shape index (κ3) is 4.54. The first kappa shape index (κ1) is 21.6. The Morgan fingerprint density at radius 3 is 2.33 bits per heavy atom. The number of likely N-dealkylation sites (tertiary alicyclic amines) is 1. The quantitative estimate of drug-likeness (QED) is 0.412. The number of carbonyl (C=O) groups excluding carboxylic acids is 2. The molecule has 0 unspecified atom stereocenters. The molecule has 0 aliphatic carbocycles. The Balaban J connectivity index is 2.05. The molecule has 1 fully saturated rings. The van der Waals surface area contributed by atoms with E-state index >= 15 is 0 Å². The maximum atomic E-state index is 12.9. The van der Waals surface area contributed by atoms with Crippen LogP contribution >= 0.6 is 0 Å². The van der Waals surface area contributed by atoms with Crippen molar-refractivity contribution >= 4 is 17.4 Å². The number of Topliss-reactive ketones (excluding diaryl/α,β-unsaturated/α-hetero) is 1. The maximum Gasteiger partial charge on any atom is 0.295 e. The normalized spacial score (nSPS) is 18.3. The molecule has 30 heavy (non-hydrogen) atoms. The summed E-state index contributed by atoms with van der Waals surface area (Å²) < 4.78 is 5.65. The van der Waals surface area contributed by atoms with Crippen molar-refractivity contribution in [3.8, 4) is 5.75 Å². The molecule has 0 saturated carbocycles. The van der Waals surface area contributed by atoms with Crippen LogP contribution in [0.2, 0.25) is 0 Å². The van der Waals surface area contributed by atoms with Crippen LogP contribution in [0.1, 0.15) is 30.5 Å². The van der Waals surface area contributed by atoms with Gasteiger partial charge in [0.25, 0.3) is 11.7 Å². The number of benzene rings is 2. The summed E-state index contributed by atoms with van der Waals surface area (Å²) >= 11 is 0. The van der Waals surface area contributed by atoms with Crippen LogP contribution in [0.5, 0.6) is 5.75 Å². The van der Waals surface area contributed by atoms with Gasteiger partial charge in [0.1, 0.15) is 11.5 Å². The molecular formula is C24H28N2O4. The number of aliphatic hydroxyl groups excluding tert-OH is 1. The summed E-state index contributed by atoms with van der Waals surface area (Å²) in [6, 6.07) is 15.6. The first-order valence-corrected chi connectivity index (χ1v) is 10.1. The van der Waals surface area contributed by atoms with E-state index in [1.54, 1.807) is 29.2 Å². The van der Waals surface area contributed by atoms with E-state index in [-0.39, 0.29) is 11.3 Å². The van der Waals surface area contributed by atoms with Crippen molar-refractivity contribution in [2.24, 2.45) is 0 Å². The molecule has 0 aromatic heterocycles. The molecule has 0 radical (unpaired) electrons. The van der Waals surface area contributed by atoms with Crippen molar-refractivity contribution in [3.63, 3.8) is 0 Å². The van der Waals surface area contributed by atoms with Gasteiger partial charge in [0.15, 0.2) is 0 Å². The van der Waals surface area contributed by atoms with Crippen LogP contribution in [0.4, 0.5) is 0 Å². The van der Waals surface area contributed by atoms with Gasteiger partial charge in [0, 0.05) is 18.7 Å². The van der Waals surface area contributed by atoms with Gasteiger partial charge in [0.2, 0.25) is 0 Å². The standard InChI is InChI=1S/C24H28N2O4/c1-4-16-30-19-12-10-17(11-13-19)21-20(22(27)18-8-6-5-7-9-18)23(28)24(29)26(21)15-14-25(2)3/h5-13,21,27H,4,14-16H2,1-3H3/t21-/m1/s1. The summed E-state index contributed by atoms with van der Waals surface area (Å²) in [6.45, 7) is 3.64. The Labute approximate surface area is 177 Å². The van der Waals surface area contributed by atoms with E-state index in [0.717, 1.165) is 17.7 Å². The average Bonchev–Trinajstić information content (AvgIpc) is 3.01. The summed E-state index contributed by atoms with van der Waals surface area (Å²) in [7, 11) is 3.82. The molecule has 158 valence electrons. The monoisotopic (exact) mass is 408 g/mol. The van der Waals surface area contributed by atoms with Crippen LogP contribution in [-0.4, -0.2) is 60.4 Å². The van der Waals surface area contributed by atoms with Crippen molar-refractivity contribution in [1.29, 1.82) is 0 Å². The second-order valence-electron chi connectivity index (χ2n) is 7.58. The molecule has 2 aromatic rings. The fraction of sp³-hybridized carbons (Fsp3) is 0.333. The lowest BCUT2D eigenvalue weighted by molar-refractivity contribution is -0.140. The van der Waals surface area contributed by atoms with E-state index in [9.17, 15) is 14.7 Å². The number of nitrogens with zero attached hydrogens (tertiary/aromatic N) is 2. The van der Waals surface area contributed by atoms with E-state index in [1.165, 1.54) is 0 Å². The third-order valence-corrected chi connectivity index (χ3v) is 5.04. The molecule has 1 aliphatic heterocycles. The highest BCUT2D eigenvalue weighted by Gasteiger charge is 2.45. The summed E-state index contributed by atoms with van der Waals surface area (Å²) in [4.78, 5) is 29.3. The number of hydrogen-bond acceptors (Lipinski definition) is 5. The molecule has 6 nitrogen and oxygen atoms in total. The number of rotatable bonds is 8. The van der Waals surface area contributed by atoms with E-state index in [4.69, 9.17) is 4.74 Å². The number of amides is 1. The smallest absolute Gasteiger partial charge is 0.295 e. The summed E-state index contributed by atoms with van der Waals surface area (Å²) in [5.41, 5.74) is 1.39. The molecule has 3 rings (SSSR count). The van der Waals surface area contributed by atoms with Gasteiger partial charge in [0.05, 0.1) is 18.2 Å². The highest BCUT2D eigenvalue weighted by atomic mass is 16.5. The molecule has 1 N–H and O–H groups in total. The molecule has 1 amide bonds. The highest BCUT2D eigenvalue weighted by molar-refractivity contribution is 6.46. The fourth-order valence-electron chi connectivity index (χ4n) is 3.48. The predicted molar refractivity (Wildman–Crippen MR) is 116 cm³/mol. The summed E-state index contributed by atoms with van der Waals surface area (Å²) in [6.07, 6.45) is 0.906. The van der Waals surface area contributed by atoms with Crippen molar-refractivity contribution in [3.05, 3.63) is 71.3 Å². The second-order valence-corrected chi connectivity index (χ2v) is 7.58. The molecule has 1 saturated heterocycles. The maximum absolute atomic E-state index is 12.9. The zero-order valence-corrected chi connectivity index (χ0v) is 17.7. The molecule has 0 bridgehead atoms. The number of ether oxygens (including phenoxy) is 1. The molecule has 2 aromatic carbocycles. The largest absolute Gasteiger partial charge is 0.507 e. The van der Waals surface area contributed by atoms with E-state index in [0.29, 0.717) is 25.3 Å². The Hall–Kier alpha value is -3.12. The molecule has 1 atom stereocenters. The number of aliphatic hydroxyl groups is 1. The lowest BCUT2D eigenvalue weighted by Crippen LogP contribution is -2.35. The first-order valence-electron chi connectivity index (χ1n) is 10.1. The van der Waals surface area contributed by atoms with Gasteiger partial charge in [-0.25, -0.2) is 0 Å². The van der Waals surface area contributed by atoms with Crippen molar-refractivity contribution in [2.75, 3.05) is 33.8 Å². The van der Waals surface area contributed by atoms with Gasteiger partial charge in [-0.3, -0.25) is 9.59 Å². The third-order valence-electron chi connectivity index (χ3n) is 5.04. The van der Waals surface area contributed by atoms with Gasteiger partial charge < -0.3 is 19.6 Å². The van der Waals surface area contributed by atoms with Crippen LogP contribution in [-0.2, 0) is 9.59 Å². The van der Waals surface area contributed by atoms with Gasteiger partial charge in [-0.2, -0.15) is 0 Å². The van der Waals surface area contributed by atoms with Gasteiger partial charge >= 0.3 is 0 Å². The minimum Gasteiger partial charge on any atom is -0.507 e. The van der Waals surface area contributed by atoms with Crippen LogP contribution in [0.3, 0.4) is 0 Å². The molecule has 1 aliphatic rings. The fourth-order valence-corrected chi connectivity index (χ4v) is 3.48. The van der Waals surface area contributed by atoms with Crippen LogP contribution in [0.25, 0.3) is 5.76 Å². The minimum atomic E-state index is -0.661. The molecule has 0 spiro atoms. The highest BCUT2D eigenvalue weighted by Crippen LogP contribution is 2.39. The number of carbonyl (C=O) groups is 2. The predicted octanol–water partition coefficient (Wildman–Crippen LogP) is 3.46. The van der Waals surface area contributed by atoms with Crippen LogP contribution in [0.15, 0.2) is 60.2 Å². The lowest BCUT2D eigenvalue weighted by Gasteiger charge is -2.26. The van der Waals surface area contributed by atoms with Crippen molar-refractivity contribution in [1.82, 2.24) is 9.80 Å². The average molecular weight is 408 g/mol. The minimum absolute atomic E-state index is 0.118. The number of ketones is 1. The number of likely N-dealkylation sites (N-methyl/N-ethyl adjacent to an activating group) is 1. The second kappa shape index (κ2) is 9.59. The van der Waals surface area contributed by atoms with Gasteiger partial charge in [-0.15, -0.1) is 0 Å². The lowest BCUT2D eigenvalue weighted by atomic mass is 9.95. The zero-order valence-electron chi connectivity index (χ0n) is 17.7. The Kier molecular flexibility index (Phi) is 6.90. The molecule has 6 heteroatoms.